The number of likely N-dealkylation sites (tertiary alicyclic amines) is 1. The molecule has 1 amide bonds. The standard InChI is InChI=1S/C18H28N2O/c1-3-17(16-7-5-4-6-8-16)18(21)20-13-10-15(11-14-20)9-12-19-2/h4-8,15,17,19H,3,9-14H2,1-2H3. The van der Waals surface area contributed by atoms with Gasteiger partial charge < -0.3 is 10.2 Å². The molecule has 21 heavy (non-hydrogen) atoms. The largest absolute Gasteiger partial charge is 0.342 e. The van der Waals surface area contributed by atoms with Crippen LogP contribution in [0, 0.1) is 5.92 Å². The van der Waals surface area contributed by atoms with Crippen molar-refractivity contribution < 1.29 is 4.79 Å². The molecule has 116 valence electrons. The first-order valence-electron chi connectivity index (χ1n) is 8.24. The van der Waals surface area contributed by atoms with E-state index in [1.807, 2.05) is 25.2 Å². The Hall–Kier alpha value is -1.35. The van der Waals surface area contributed by atoms with E-state index in [4.69, 9.17) is 0 Å². The minimum absolute atomic E-state index is 0.0278. The molecule has 1 aliphatic rings. The molecule has 1 N–H and O–H groups in total. The van der Waals surface area contributed by atoms with E-state index in [2.05, 4.69) is 29.3 Å². The summed E-state index contributed by atoms with van der Waals surface area (Å²) >= 11 is 0. The number of carbonyl (C=O) groups excluding carboxylic acids is 1. The van der Waals surface area contributed by atoms with Crippen molar-refractivity contribution >= 4 is 5.91 Å². The lowest BCUT2D eigenvalue weighted by atomic mass is 9.90. The smallest absolute Gasteiger partial charge is 0.230 e. The van der Waals surface area contributed by atoms with E-state index >= 15 is 0 Å². The highest BCUT2D eigenvalue weighted by atomic mass is 16.2. The van der Waals surface area contributed by atoms with Crippen LogP contribution in [-0.4, -0.2) is 37.5 Å². The zero-order valence-electron chi connectivity index (χ0n) is 13.3. The first-order chi connectivity index (χ1) is 10.3. The first kappa shape index (κ1) is 16.0. The molecule has 3 nitrogen and oxygen atoms in total. The normalized spacial score (nSPS) is 17.7. The van der Waals surface area contributed by atoms with Gasteiger partial charge in [0.25, 0.3) is 0 Å². The van der Waals surface area contributed by atoms with Crippen molar-refractivity contribution in [3.05, 3.63) is 35.9 Å². The predicted molar refractivity (Wildman–Crippen MR) is 87.3 cm³/mol. The van der Waals surface area contributed by atoms with Gasteiger partial charge >= 0.3 is 0 Å². The first-order valence-corrected chi connectivity index (χ1v) is 8.24. The molecule has 1 fully saturated rings. The van der Waals surface area contributed by atoms with E-state index in [0.29, 0.717) is 5.91 Å². The van der Waals surface area contributed by atoms with Gasteiger partial charge in [-0.3, -0.25) is 4.79 Å². The highest BCUT2D eigenvalue weighted by Crippen LogP contribution is 2.26. The van der Waals surface area contributed by atoms with Gasteiger partial charge in [-0.25, -0.2) is 0 Å². The van der Waals surface area contributed by atoms with Crippen LogP contribution in [0.4, 0.5) is 0 Å². The summed E-state index contributed by atoms with van der Waals surface area (Å²) < 4.78 is 0. The zero-order chi connectivity index (χ0) is 15.1. The second-order valence-corrected chi connectivity index (χ2v) is 6.03. The van der Waals surface area contributed by atoms with Crippen molar-refractivity contribution in [1.82, 2.24) is 10.2 Å². The second kappa shape index (κ2) is 8.18. The molecule has 0 radical (unpaired) electrons. The summed E-state index contributed by atoms with van der Waals surface area (Å²) in [5.41, 5.74) is 1.15. The van der Waals surface area contributed by atoms with Crippen LogP contribution in [0.2, 0.25) is 0 Å². The molecule has 1 heterocycles. The van der Waals surface area contributed by atoms with Crippen LogP contribution in [0.5, 0.6) is 0 Å². The topological polar surface area (TPSA) is 32.3 Å². The molecule has 1 atom stereocenters. The minimum atomic E-state index is 0.0278. The van der Waals surface area contributed by atoms with Gasteiger partial charge in [-0.05, 0) is 50.8 Å². The van der Waals surface area contributed by atoms with Gasteiger partial charge in [-0.15, -0.1) is 0 Å². The third-order valence-electron chi connectivity index (χ3n) is 4.64. The van der Waals surface area contributed by atoms with Gasteiger partial charge in [0, 0.05) is 13.1 Å². The Balaban J connectivity index is 1.91. The molecule has 1 saturated heterocycles. The Morgan fingerprint density at radius 3 is 2.52 bits per heavy atom. The third-order valence-corrected chi connectivity index (χ3v) is 4.64. The quantitative estimate of drug-likeness (QED) is 0.872. The number of carbonyl (C=O) groups is 1. The van der Waals surface area contributed by atoms with Gasteiger partial charge in [0.05, 0.1) is 5.92 Å². The van der Waals surface area contributed by atoms with E-state index in [1.165, 1.54) is 6.42 Å². The molecular weight excluding hydrogens is 260 g/mol. The summed E-state index contributed by atoms with van der Waals surface area (Å²) in [7, 11) is 2.00. The van der Waals surface area contributed by atoms with Crippen molar-refractivity contribution in [1.29, 1.82) is 0 Å². The van der Waals surface area contributed by atoms with Crippen molar-refractivity contribution in [3.8, 4) is 0 Å². The second-order valence-electron chi connectivity index (χ2n) is 6.03. The predicted octanol–water partition coefficient (Wildman–Crippen LogP) is 3.03. The number of rotatable bonds is 6. The molecule has 1 aliphatic heterocycles. The molecule has 0 aliphatic carbocycles. The maximum atomic E-state index is 12.8. The Bertz CT molecular complexity index is 424. The van der Waals surface area contributed by atoms with E-state index < -0.39 is 0 Å². The lowest BCUT2D eigenvalue weighted by Crippen LogP contribution is -2.41. The van der Waals surface area contributed by atoms with E-state index in [-0.39, 0.29) is 5.92 Å². The molecule has 0 saturated carbocycles. The van der Waals surface area contributed by atoms with Crippen LogP contribution in [0.25, 0.3) is 0 Å². The van der Waals surface area contributed by atoms with E-state index in [1.54, 1.807) is 0 Å². The monoisotopic (exact) mass is 288 g/mol. The lowest BCUT2D eigenvalue weighted by molar-refractivity contribution is -0.134. The Morgan fingerprint density at radius 2 is 1.95 bits per heavy atom. The fraction of sp³-hybridized carbons (Fsp3) is 0.611. The fourth-order valence-electron chi connectivity index (χ4n) is 3.25. The molecule has 0 spiro atoms. The van der Waals surface area contributed by atoms with Crippen LogP contribution >= 0.6 is 0 Å². The number of hydrogen-bond acceptors (Lipinski definition) is 2. The van der Waals surface area contributed by atoms with Crippen LogP contribution < -0.4 is 5.32 Å². The maximum Gasteiger partial charge on any atom is 0.230 e. The summed E-state index contributed by atoms with van der Waals surface area (Å²) in [5, 5.41) is 3.22. The van der Waals surface area contributed by atoms with Gasteiger partial charge in [0.1, 0.15) is 0 Å². The summed E-state index contributed by atoms with van der Waals surface area (Å²) in [5.74, 6) is 1.12. The van der Waals surface area contributed by atoms with Crippen LogP contribution in [0.1, 0.15) is 44.1 Å². The van der Waals surface area contributed by atoms with Gasteiger partial charge in [-0.1, -0.05) is 37.3 Å². The number of benzene rings is 1. The van der Waals surface area contributed by atoms with Crippen LogP contribution in [-0.2, 0) is 4.79 Å². The van der Waals surface area contributed by atoms with E-state index in [0.717, 1.165) is 50.4 Å². The highest BCUT2D eigenvalue weighted by Gasteiger charge is 2.27. The molecule has 1 unspecified atom stereocenters. The Labute approximate surface area is 128 Å². The molecule has 0 bridgehead atoms. The molecule has 0 aromatic heterocycles. The van der Waals surface area contributed by atoms with Crippen LogP contribution in [0.15, 0.2) is 30.3 Å². The number of nitrogens with one attached hydrogen (secondary N) is 1. The molecule has 1 aromatic rings. The van der Waals surface area contributed by atoms with E-state index in [9.17, 15) is 4.79 Å². The number of amides is 1. The molecule has 3 heteroatoms. The summed E-state index contributed by atoms with van der Waals surface area (Å²) in [6.07, 6.45) is 4.41. The van der Waals surface area contributed by atoms with Crippen LogP contribution in [0.3, 0.4) is 0 Å². The average Bonchev–Trinajstić information content (AvgIpc) is 2.55. The molecule has 1 aromatic carbocycles. The Kier molecular flexibility index (Phi) is 6.24. The zero-order valence-corrected chi connectivity index (χ0v) is 13.3. The van der Waals surface area contributed by atoms with Gasteiger partial charge in [0.15, 0.2) is 0 Å². The molecule has 2 rings (SSSR count). The average molecular weight is 288 g/mol. The maximum absolute atomic E-state index is 12.8. The van der Waals surface area contributed by atoms with Gasteiger partial charge in [0.2, 0.25) is 5.91 Å². The SMILES string of the molecule is CCC(C(=O)N1CCC(CCNC)CC1)c1ccccc1. The minimum Gasteiger partial charge on any atom is -0.342 e. The Morgan fingerprint density at radius 1 is 1.29 bits per heavy atom. The molecular formula is C18H28N2O. The summed E-state index contributed by atoms with van der Waals surface area (Å²) in [6.45, 7) is 5.04. The number of piperidine rings is 1. The van der Waals surface area contributed by atoms with Crippen molar-refractivity contribution in [2.45, 2.75) is 38.5 Å². The van der Waals surface area contributed by atoms with Crippen molar-refractivity contribution in [3.63, 3.8) is 0 Å². The van der Waals surface area contributed by atoms with Crippen molar-refractivity contribution in [2.75, 3.05) is 26.7 Å². The number of nitrogens with zero attached hydrogens (tertiary/aromatic N) is 1. The van der Waals surface area contributed by atoms with Crippen molar-refractivity contribution in [2.24, 2.45) is 5.92 Å². The number of hydrogen-bond donors (Lipinski definition) is 1. The van der Waals surface area contributed by atoms with Gasteiger partial charge in [-0.2, -0.15) is 0 Å². The highest BCUT2D eigenvalue weighted by molar-refractivity contribution is 5.83. The third kappa shape index (κ3) is 4.31. The summed E-state index contributed by atoms with van der Waals surface area (Å²) in [6, 6.07) is 10.2. The fourth-order valence-corrected chi connectivity index (χ4v) is 3.25. The lowest BCUT2D eigenvalue weighted by Gasteiger charge is -2.34. The summed E-state index contributed by atoms with van der Waals surface area (Å²) in [4.78, 5) is 14.8.